The van der Waals surface area contributed by atoms with Crippen molar-refractivity contribution in [2.24, 2.45) is 9.98 Å². The lowest BCUT2D eigenvalue weighted by molar-refractivity contribution is 0.00446. The molecular formula is C24H29N7O5. The number of amidine groups is 1. The number of morpholine rings is 1. The number of nitrogens with one attached hydrogen (secondary N) is 1. The SMILES string of the molecule is COc1c(OC[C@@H](O)CN2CCOCC2)ccc2c1N=C(NC(=O)c1ccc(N)nc1)N1CCN=C21. The molecule has 0 bridgehead atoms. The van der Waals surface area contributed by atoms with E-state index < -0.39 is 6.10 Å². The molecule has 0 saturated carbocycles. The Labute approximate surface area is 208 Å². The van der Waals surface area contributed by atoms with Crippen molar-refractivity contribution in [1.29, 1.82) is 0 Å². The number of aromatic nitrogens is 1. The topological polar surface area (TPSA) is 147 Å². The highest BCUT2D eigenvalue weighted by Crippen LogP contribution is 2.43. The maximum Gasteiger partial charge on any atom is 0.259 e. The Kier molecular flexibility index (Phi) is 6.98. The van der Waals surface area contributed by atoms with Crippen molar-refractivity contribution in [1.82, 2.24) is 20.1 Å². The second kappa shape index (κ2) is 10.5. The quantitative estimate of drug-likeness (QED) is 0.491. The number of ether oxygens (including phenoxy) is 3. The molecule has 1 amide bonds. The monoisotopic (exact) mass is 495 g/mol. The number of hydrogen-bond acceptors (Lipinski definition) is 11. The fourth-order valence-electron chi connectivity index (χ4n) is 4.33. The standard InChI is InChI=1S/C24H29N7O5/c1-34-21-18(36-14-16(32)13-30-8-10-35-11-9-30)4-3-17-20(21)28-24(31-7-6-26-22(17)31)29-23(33)15-2-5-19(25)27-12-15/h2-5,12,16,32H,6-11,13-14H2,1H3,(H2,25,27)(H,28,29,33)/t16-/m0/s1. The van der Waals surface area contributed by atoms with E-state index in [9.17, 15) is 9.90 Å². The first kappa shape index (κ1) is 24.0. The summed E-state index contributed by atoms with van der Waals surface area (Å²) in [6, 6.07) is 6.82. The number of hydrogen-bond donors (Lipinski definition) is 3. The molecule has 1 saturated heterocycles. The van der Waals surface area contributed by atoms with Gasteiger partial charge in [-0.2, -0.15) is 0 Å². The Bertz CT molecular complexity index is 1180. The summed E-state index contributed by atoms with van der Waals surface area (Å²) in [7, 11) is 1.53. The van der Waals surface area contributed by atoms with E-state index in [2.05, 4.69) is 20.2 Å². The van der Waals surface area contributed by atoms with Gasteiger partial charge in [-0.1, -0.05) is 0 Å². The van der Waals surface area contributed by atoms with Gasteiger partial charge in [0.1, 0.15) is 30.1 Å². The third kappa shape index (κ3) is 4.96. The fraction of sp³-hybridized carbons (Fsp3) is 0.417. The molecule has 5 rings (SSSR count). The van der Waals surface area contributed by atoms with E-state index in [-0.39, 0.29) is 12.5 Å². The van der Waals surface area contributed by atoms with Gasteiger partial charge in [-0.15, -0.1) is 0 Å². The van der Waals surface area contributed by atoms with Gasteiger partial charge in [0.25, 0.3) is 5.91 Å². The zero-order valence-electron chi connectivity index (χ0n) is 20.0. The highest BCUT2D eigenvalue weighted by molar-refractivity contribution is 6.20. The maximum atomic E-state index is 12.9. The number of carbonyl (C=O) groups excluding carboxylic acids is 1. The van der Waals surface area contributed by atoms with E-state index in [0.29, 0.717) is 73.2 Å². The van der Waals surface area contributed by atoms with Crippen molar-refractivity contribution >= 4 is 29.2 Å². The van der Waals surface area contributed by atoms with Crippen molar-refractivity contribution in [3.8, 4) is 11.5 Å². The molecule has 12 nitrogen and oxygen atoms in total. The van der Waals surface area contributed by atoms with Crippen LogP contribution in [-0.4, -0.2) is 103 Å². The number of aliphatic hydroxyl groups excluding tert-OH is 1. The first-order valence-corrected chi connectivity index (χ1v) is 11.8. The van der Waals surface area contributed by atoms with Crippen LogP contribution in [0.1, 0.15) is 15.9 Å². The summed E-state index contributed by atoms with van der Waals surface area (Å²) in [4.78, 5) is 30.2. The maximum absolute atomic E-state index is 12.9. The molecule has 4 heterocycles. The molecule has 3 aliphatic rings. The molecule has 1 atom stereocenters. The van der Waals surface area contributed by atoms with Crippen molar-refractivity contribution < 1.29 is 24.1 Å². The van der Waals surface area contributed by atoms with E-state index in [1.165, 1.54) is 13.3 Å². The summed E-state index contributed by atoms with van der Waals surface area (Å²) in [5.74, 6) is 1.85. The smallest absolute Gasteiger partial charge is 0.259 e. The van der Waals surface area contributed by atoms with Gasteiger partial charge in [0.15, 0.2) is 11.5 Å². The number of aliphatic hydroxyl groups is 1. The first-order valence-electron chi connectivity index (χ1n) is 11.8. The van der Waals surface area contributed by atoms with Gasteiger partial charge in [-0.25, -0.2) is 9.98 Å². The Balaban J connectivity index is 1.37. The van der Waals surface area contributed by atoms with Crippen LogP contribution in [0, 0.1) is 0 Å². The largest absolute Gasteiger partial charge is 0.491 e. The van der Waals surface area contributed by atoms with Gasteiger partial charge in [-0.3, -0.25) is 24.9 Å². The lowest BCUT2D eigenvalue weighted by Crippen LogP contribution is -2.47. The average Bonchev–Trinajstić information content (AvgIpc) is 3.39. The Hall–Kier alpha value is -3.74. The number of methoxy groups -OCH3 is 1. The Morgan fingerprint density at radius 2 is 2.08 bits per heavy atom. The summed E-state index contributed by atoms with van der Waals surface area (Å²) in [6.45, 7) is 4.65. The molecular weight excluding hydrogens is 466 g/mol. The predicted molar refractivity (Wildman–Crippen MR) is 133 cm³/mol. The number of nitrogens with two attached hydrogens (primary N) is 1. The van der Waals surface area contributed by atoms with E-state index in [4.69, 9.17) is 24.9 Å². The number of β-amino-alcohol motifs (C(OH)–C–C–N with tert-alkyl or cyclic N) is 1. The van der Waals surface area contributed by atoms with Crippen LogP contribution in [0.5, 0.6) is 11.5 Å². The van der Waals surface area contributed by atoms with Crippen LogP contribution in [0.25, 0.3) is 0 Å². The number of pyridine rings is 1. The van der Waals surface area contributed by atoms with E-state index in [0.717, 1.165) is 18.7 Å². The summed E-state index contributed by atoms with van der Waals surface area (Å²) in [5, 5.41) is 13.3. The Morgan fingerprint density at radius 3 is 2.83 bits per heavy atom. The van der Waals surface area contributed by atoms with Crippen molar-refractivity contribution in [3.05, 3.63) is 41.6 Å². The van der Waals surface area contributed by atoms with Crippen LogP contribution in [-0.2, 0) is 4.74 Å². The molecule has 0 radical (unpaired) electrons. The minimum atomic E-state index is -0.676. The van der Waals surface area contributed by atoms with Crippen molar-refractivity contribution in [3.63, 3.8) is 0 Å². The van der Waals surface area contributed by atoms with Crippen LogP contribution in [0.2, 0.25) is 0 Å². The van der Waals surface area contributed by atoms with Crippen LogP contribution >= 0.6 is 0 Å². The normalized spacial score (nSPS) is 18.0. The van der Waals surface area contributed by atoms with Gasteiger partial charge >= 0.3 is 0 Å². The van der Waals surface area contributed by atoms with Gasteiger partial charge in [0.2, 0.25) is 5.96 Å². The molecule has 190 valence electrons. The van der Waals surface area contributed by atoms with Crippen molar-refractivity contribution in [2.75, 3.05) is 65.4 Å². The number of anilines is 1. The van der Waals surface area contributed by atoms with E-state index in [1.807, 2.05) is 11.0 Å². The van der Waals surface area contributed by atoms with Crippen LogP contribution < -0.4 is 20.5 Å². The minimum absolute atomic E-state index is 0.0943. The fourth-order valence-corrected chi connectivity index (χ4v) is 4.33. The highest BCUT2D eigenvalue weighted by atomic mass is 16.5. The summed E-state index contributed by atoms with van der Waals surface area (Å²) >= 11 is 0. The van der Waals surface area contributed by atoms with Gasteiger partial charge < -0.3 is 25.1 Å². The average molecular weight is 496 g/mol. The summed E-state index contributed by atoms with van der Waals surface area (Å²) in [6.07, 6.45) is 0.737. The lowest BCUT2D eigenvalue weighted by atomic mass is 10.1. The number of nitrogens with zero attached hydrogens (tertiary/aromatic N) is 5. The highest BCUT2D eigenvalue weighted by Gasteiger charge is 2.33. The van der Waals surface area contributed by atoms with Crippen LogP contribution in [0.3, 0.4) is 0 Å². The number of nitrogen functional groups attached to an aromatic ring is 1. The number of aliphatic imine (C=N–C) groups is 2. The summed E-state index contributed by atoms with van der Waals surface area (Å²) in [5.41, 5.74) is 7.26. The number of rotatable bonds is 7. The van der Waals surface area contributed by atoms with Gasteiger partial charge in [0.05, 0.1) is 32.4 Å². The number of fused-ring (bicyclic) bond motifs is 3. The zero-order chi connectivity index (χ0) is 25.1. The second-order valence-electron chi connectivity index (χ2n) is 8.59. The van der Waals surface area contributed by atoms with Crippen LogP contribution in [0.15, 0.2) is 40.4 Å². The molecule has 0 aliphatic carbocycles. The molecule has 4 N–H and O–H groups in total. The summed E-state index contributed by atoms with van der Waals surface area (Å²) < 4.78 is 17.0. The number of guanidine groups is 1. The number of carbonyl (C=O) groups is 1. The van der Waals surface area contributed by atoms with E-state index in [1.54, 1.807) is 18.2 Å². The molecule has 2 aromatic rings. The van der Waals surface area contributed by atoms with E-state index >= 15 is 0 Å². The molecule has 1 fully saturated rings. The number of amides is 1. The zero-order valence-corrected chi connectivity index (χ0v) is 20.0. The molecule has 1 aromatic heterocycles. The molecule has 1 aromatic carbocycles. The first-order chi connectivity index (χ1) is 17.5. The molecule has 0 spiro atoms. The third-order valence-electron chi connectivity index (χ3n) is 6.13. The molecule has 36 heavy (non-hydrogen) atoms. The lowest BCUT2D eigenvalue weighted by Gasteiger charge is -2.29. The molecule has 12 heteroatoms. The second-order valence-corrected chi connectivity index (χ2v) is 8.59. The molecule has 0 unspecified atom stereocenters. The van der Waals surface area contributed by atoms with Crippen molar-refractivity contribution in [2.45, 2.75) is 6.10 Å². The van der Waals surface area contributed by atoms with Gasteiger partial charge in [-0.05, 0) is 24.3 Å². The van der Waals surface area contributed by atoms with Crippen LogP contribution in [0.4, 0.5) is 11.5 Å². The molecule has 3 aliphatic heterocycles. The number of benzene rings is 1. The predicted octanol–water partition coefficient (Wildman–Crippen LogP) is 0.238. The van der Waals surface area contributed by atoms with Gasteiger partial charge in [0, 0.05) is 37.9 Å². The third-order valence-corrected chi connectivity index (χ3v) is 6.13. The minimum Gasteiger partial charge on any atom is -0.491 e. The Morgan fingerprint density at radius 1 is 1.25 bits per heavy atom.